The van der Waals surface area contributed by atoms with Gasteiger partial charge in [0.1, 0.15) is 0 Å². The molecule has 1 fully saturated rings. The van der Waals surface area contributed by atoms with Gasteiger partial charge in [0, 0.05) is 17.5 Å². The van der Waals surface area contributed by atoms with E-state index in [1.807, 2.05) is 11.3 Å². The second-order valence-corrected chi connectivity index (χ2v) is 8.09. The van der Waals surface area contributed by atoms with E-state index in [2.05, 4.69) is 55.7 Å². The van der Waals surface area contributed by atoms with Crippen molar-refractivity contribution in [2.75, 3.05) is 20.6 Å². The monoisotopic (exact) mass is 308 g/mol. The highest BCUT2D eigenvalue weighted by atomic mass is 32.1. The van der Waals surface area contributed by atoms with E-state index in [4.69, 9.17) is 0 Å². The molecule has 1 aliphatic carbocycles. The molecule has 2 rings (SSSR count). The second kappa shape index (κ2) is 8.30. The van der Waals surface area contributed by atoms with Crippen LogP contribution in [0.15, 0.2) is 17.5 Å². The van der Waals surface area contributed by atoms with Crippen molar-refractivity contribution in [3.63, 3.8) is 0 Å². The highest BCUT2D eigenvalue weighted by Crippen LogP contribution is 2.29. The maximum Gasteiger partial charge on any atom is 0.0561 e. The van der Waals surface area contributed by atoms with E-state index in [0.29, 0.717) is 6.04 Å². The second-order valence-electron chi connectivity index (χ2n) is 7.11. The summed E-state index contributed by atoms with van der Waals surface area (Å²) in [4.78, 5) is 3.81. The van der Waals surface area contributed by atoms with Crippen LogP contribution in [-0.2, 0) is 0 Å². The summed E-state index contributed by atoms with van der Waals surface area (Å²) in [5.74, 6) is 1.79. The molecule has 0 aliphatic heterocycles. The molecule has 1 aliphatic rings. The Morgan fingerprint density at radius 2 is 2.05 bits per heavy atom. The van der Waals surface area contributed by atoms with Crippen LogP contribution in [0.1, 0.15) is 56.9 Å². The summed E-state index contributed by atoms with van der Waals surface area (Å²) in [6, 6.07) is 5.65. The molecule has 21 heavy (non-hydrogen) atoms. The van der Waals surface area contributed by atoms with Gasteiger partial charge in [-0.2, -0.15) is 0 Å². The van der Waals surface area contributed by atoms with Gasteiger partial charge in [0.15, 0.2) is 0 Å². The molecule has 3 heteroatoms. The molecule has 0 amide bonds. The number of likely N-dealkylation sites (N-methyl/N-ethyl adjacent to an activating group) is 1. The van der Waals surface area contributed by atoms with Gasteiger partial charge in [0.05, 0.1) is 6.04 Å². The summed E-state index contributed by atoms with van der Waals surface area (Å²) < 4.78 is 0. The number of nitrogens with zero attached hydrogens (tertiary/aromatic N) is 1. The van der Waals surface area contributed by atoms with Crippen LogP contribution in [0, 0.1) is 11.8 Å². The lowest BCUT2D eigenvalue weighted by molar-refractivity contribution is 0.276. The summed E-state index contributed by atoms with van der Waals surface area (Å²) in [6.07, 6.45) is 6.94. The number of thiophene rings is 1. The lowest BCUT2D eigenvalue weighted by Crippen LogP contribution is -2.36. The Balaban J connectivity index is 1.84. The molecule has 2 nitrogen and oxygen atoms in total. The van der Waals surface area contributed by atoms with Crippen LogP contribution in [-0.4, -0.2) is 31.6 Å². The fraction of sp³-hybridized carbons (Fsp3) is 0.778. The lowest BCUT2D eigenvalue weighted by Gasteiger charge is -2.26. The van der Waals surface area contributed by atoms with Gasteiger partial charge in [-0.05, 0) is 56.6 Å². The van der Waals surface area contributed by atoms with Crippen LogP contribution < -0.4 is 5.32 Å². The minimum absolute atomic E-state index is 0.508. The van der Waals surface area contributed by atoms with E-state index in [1.165, 1.54) is 37.0 Å². The third-order valence-corrected chi connectivity index (χ3v) is 6.02. The van der Waals surface area contributed by atoms with Crippen LogP contribution >= 0.6 is 11.3 Å². The predicted octanol–water partition coefficient (Wildman–Crippen LogP) is 4.55. The maximum absolute atomic E-state index is 3.86. The zero-order valence-electron chi connectivity index (χ0n) is 14.1. The molecular weight excluding hydrogens is 276 g/mol. The van der Waals surface area contributed by atoms with Crippen LogP contribution in [0.25, 0.3) is 0 Å². The summed E-state index contributed by atoms with van der Waals surface area (Å²) in [6.45, 7) is 5.85. The van der Waals surface area contributed by atoms with E-state index in [-0.39, 0.29) is 0 Å². The summed E-state index contributed by atoms with van der Waals surface area (Å²) >= 11 is 1.87. The first-order valence-corrected chi connectivity index (χ1v) is 9.39. The van der Waals surface area contributed by atoms with Crippen molar-refractivity contribution in [2.45, 2.75) is 58.0 Å². The van der Waals surface area contributed by atoms with Crippen LogP contribution in [0.3, 0.4) is 0 Å². The number of rotatable bonds is 6. The zero-order valence-corrected chi connectivity index (χ0v) is 15.0. The van der Waals surface area contributed by atoms with Crippen LogP contribution in [0.5, 0.6) is 0 Å². The van der Waals surface area contributed by atoms with Crippen molar-refractivity contribution in [3.8, 4) is 0 Å². The number of hydrogen-bond donors (Lipinski definition) is 1. The molecule has 0 spiro atoms. The minimum atomic E-state index is 0.508. The highest BCUT2D eigenvalue weighted by Gasteiger charge is 2.22. The van der Waals surface area contributed by atoms with Gasteiger partial charge >= 0.3 is 0 Å². The van der Waals surface area contributed by atoms with Gasteiger partial charge in [-0.15, -0.1) is 11.3 Å². The van der Waals surface area contributed by atoms with Gasteiger partial charge < -0.3 is 10.2 Å². The van der Waals surface area contributed by atoms with Gasteiger partial charge in [-0.3, -0.25) is 0 Å². The van der Waals surface area contributed by atoms with Crippen molar-refractivity contribution >= 4 is 11.3 Å². The van der Waals surface area contributed by atoms with E-state index < -0.39 is 0 Å². The summed E-state index contributed by atoms with van der Waals surface area (Å²) in [7, 11) is 4.38. The van der Waals surface area contributed by atoms with E-state index in [1.54, 1.807) is 0 Å². The molecule has 3 atom stereocenters. The molecule has 0 bridgehead atoms. The molecule has 1 aromatic rings. The maximum atomic E-state index is 3.86. The molecule has 120 valence electrons. The quantitative estimate of drug-likeness (QED) is 0.776. The standard InChI is InChI=1S/C18H32N2S/c1-14(2)15-7-5-8-16(11-10-15)19-13-17(20(3)4)18-9-6-12-21-18/h6,9,12,14-17,19H,5,7-8,10-11,13H2,1-4H3. The molecule has 1 heterocycles. The first-order chi connectivity index (χ1) is 10.1. The topological polar surface area (TPSA) is 15.3 Å². The number of hydrogen-bond acceptors (Lipinski definition) is 3. The lowest BCUT2D eigenvalue weighted by atomic mass is 9.89. The van der Waals surface area contributed by atoms with Crippen molar-refractivity contribution in [1.82, 2.24) is 10.2 Å². The Morgan fingerprint density at radius 3 is 2.67 bits per heavy atom. The third-order valence-electron chi connectivity index (χ3n) is 5.05. The first-order valence-electron chi connectivity index (χ1n) is 8.51. The fourth-order valence-electron chi connectivity index (χ4n) is 3.50. The van der Waals surface area contributed by atoms with Crippen molar-refractivity contribution < 1.29 is 0 Å². The summed E-state index contributed by atoms with van der Waals surface area (Å²) in [5, 5.41) is 6.04. The van der Waals surface area contributed by atoms with E-state index in [0.717, 1.165) is 24.4 Å². The Kier molecular flexibility index (Phi) is 6.72. The largest absolute Gasteiger partial charge is 0.312 e. The van der Waals surface area contributed by atoms with Crippen molar-refractivity contribution in [2.24, 2.45) is 11.8 Å². The molecule has 1 saturated carbocycles. The molecule has 1 aromatic heterocycles. The average molecular weight is 309 g/mol. The zero-order chi connectivity index (χ0) is 15.2. The smallest absolute Gasteiger partial charge is 0.0561 e. The Hall–Kier alpha value is -0.380. The first kappa shape index (κ1) is 17.0. The molecule has 1 N–H and O–H groups in total. The van der Waals surface area contributed by atoms with Gasteiger partial charge in [0.25, 0.3) is 0 Å². The molecule has 0 radical (unpaired) electrons. The average Bonchev–Trinajstić information content (AvgIpc) is 2.84. The van der Waals surface area contributed by atoms with Gasteiger partial charge in [-0.1, -0.05) is 32.8 Å². The van der Waals surface area contributed by atoms with Gasteiger partial charge in [-0.25, -0.2) is 0 Å². The van der Waals surface area contributed by atoms with Crippen molar-refractivity contribution in [3.05, 3.63) is 22.4 Å². The number of nitrogens with one attached hydrogen (secondary N) is 1. The Morgan fingerprint density at radius 1 is 1.24 bits per heavy atom. The minimum Gasteiger partial charge on any atom is -0.312 e. The third kappa shape index (κ3) is 5.08. The highest BCUT2D eigenvalue weighted by molar-refractivity contribution is 7.10. The predicted molar refractivity (Wildman–Crippen MR) is 94.0 cm³/mol. The Labute approximate surface area is 134 Å². The molecule has 0 aromatic carbocycles. The van der Waals surface area contributed by atoms with E-state index >= 15 is 0 Å². The van der Waals surface area contributed by atoms with E-state index in [9.17, 15) is 0 Å². The summed E-state index contributed by atoms with van der Waals surface area (Å²) in [5.41, 5.74) is 0. The Bertz CT molecular complexity index is 386. The van der Waals surface area contributed by atoms with Crippen LogP contribution in [0.2, 0.25) is 0 Å². The fourth-order valence-corrected chi connectivity index (χ4v) is 4.42. The van der Waals surface area contributed by atoms with Crippen molar-refractivity contribution in [1.29, 1.82) is 0 Å². The normalized spacial score (nSPS) is 25.2. The molecule has 0 saturated heterocycles. The van der Waals surface area contributed by atoms with Crippen LogP contribution in [0.4, 0.5) is 0 Å². The SMILES string of the molecule is CC(C)C1CCCC(NCC(c2cccs2)N(C)C)CC1. The molecule has 3 unspecified atom stereocenters. The molecular formula is C18H32N2S. The van der Waals surface area contributed by atoms with Gasteiger partial charge in [0.2, 0.25) is 0 Å².